The highest BCUT2D eigenvalue weighted by molar-refractivity contribution is 5.90. The van der Waals surface area contributed by atoms with Gasteiger partial charge in [0.2, 0.25) is 0 Å². The first-order valence-electron chi connectivity index (χ1n) is 7.52. The molecule has 1 aromatic heterocycles. The van der Waals surface area contributed by atoms with E-state index in [-0.39, 0.29) is 12.8 Å². The van der Waals surface area contributed by atoms with Gasteiger partial charge in [0.15, 0.2) is 5.82 Å². The van der Waals surface area contributed by atoms with Crippen LogP contribution in [0.5, 0.6) is 5.75 Å². The van der Waals surface area contributed by atoms with Crippen LogP contribution in [0.1, 0.15) is 18.7 Å². The van der Waals surface area contributed by atoms with E-state index in [1.807, 2.05) is 24.3 Å². The van der Waals surface area contributed by atoms with Crippen molar-refractivity contribution in [3.8, 4) is 5.75 Å². The molecule has 0 saturated heterocycles. The van der Waals surface area contributed by atoms with Gasteiger partial charge in [-0.1, -0.05) is 12.1 Å². The van der Waals surface area contributed by atoms with E-state index in [1.54, 1.807) is 20.1 Å². The molecule has 2 heterocycles. The Balaban J connectivity index is 1.78. The second-order valence-corrected chi connectivity index (χ2v) is 5.16. The fourth-order valence-electron chi connectivity index (χ4n) is 2.47. The molecule has 126 valence electrons. The van der Waals surface area contributed by atoms with Crippen molar-refractivity contribution in [3.63, 3.8) is 0 Å². The number of hydrogen-bond acceptors (Lipinski definition) is 7. The lowest BCUT2D eigenvalue weighted by Crippen LogP contribution is -2.14. The second kappa shape index (κ2) is 6.53. The molecule has 0 aliphatic carbocycles. The highest BCUT2D eigenvalue weighted by Gasteiger charge is 2.25. The van der Waals surface area contributed by atoms with Crippen molar-refractivity contribution >= 4 is 29.1 Å². The Morgan fingerprint density at radius 1 is 1.33 bits per heavy atom. The molecule has 1 aromatic carbocycles. The van der Waals surface area contributed by atoms with Crippen molar-refractivity contribution in [2.45, 2.75) is 13.1 Å². The van der Waals surface area contributed by atoms with Crippen LogP contribution in [0, 0.1) is 0 Å². The minimum atomic E-state index is -0.568. The van der Waals surface area contributed by atoms with Gasteiger partial charge in [0.05, 0.1) is 19.4 Å². The van der Waals surface area contributed by atoms with Crippen LogP contribution in [-0.4, -0.2) is 24.8 Å². The van der Waals surface area contributed by atoms with E-state index >= 15 is 0 Å². The quantitative estimate of drug-likeness (QED) is 0.682. The van der Waals surface area contributed by atoms with Crippen LogP contribution in [-0.2, 0) is 4.74 Å². The Morgan fingerprint density at radius 3 is 2.75 bits per heavy atom. The predicted molar refractivity (Wildman–Crippen MR) is 92.3 cm³/mol. The summed E-state index contributed by atoms with van der Waals surface area (Å²) in [6, 6.07) is 9.39. The van der Waals surface area contributed by atoms with Crippen molar-refractivity contribution in [2.24, 2.45) is 0 Å². The van der Waals surface area contributed by atoms with Gasteiger partial charge in [0, 0.05) is 6.07 Å². The zero-order valence-corrected chi connectivity index (χ0v) is 13.4. The standard InChI is InChI=1S/C16H19N5O3/c1-3-24-16(22)20-12-8-11-13(14(17)19-12)21-15(18-11)9-4-6-10(23-2)7-5-9/h4-8,15,18,21H,3H2,1-2H3,(H3,17,19,20,22). The number of nitrogens with zero attached hydrogens (tertiary/aromatic N) is 1. The third-order valence-corrected chi connectivity index (χ3v) is 3.59. The van der Waals surface area contributed by atoms with Gasteiger partial charge in [-0.15, -0.1) is 0 Å². The van der Waals surface area contributed by atoms with E-state index in [9.17, 15) is 4.79 Å². The molecule has 8 heteroatoms. The Labute approximate surface area is 139 Å². The second-order valence-electron chi connectivity index (χ2n) is 5.16. The third kappa shape index (κ3) is 3.12. The minimum absolute atomic E-state index is 0.146. The van der Waals surface area contributed by atoms with Crippen LogP contribution < -0.4 is 26.4 Å². The molecule has 0 fully saturated rings. The van der Waals surface area contributed by atoms with Gasteiger partial charge in [-0.2, -0.15) is 0 Å². The van der Waals surface area contributed by atoms with Crippen molar-refractivity contribution in [1.82, 2.24) is 4.98 Å². The Morgan fingerprint density at radius 2 is 2.08 bits per heavy atom. The van der Waals surface area contributed by atoms with Crippen LogP contribution in [0.3, 0.4) is 0 Å². The summed E-state index contributed by atoms with van der Waals surface area (Å²) in [5, 5.41) is 9.14. The number of carbonyl (C=O) groups is 1. The maximum atomic E-state index is 11.5. The zero-order valence-electron chi connectivity index (χ0n) is 13.4. The number of fused-ring (bicyclic) bond motifs is 1. The van der Waals surface area contributed by atoms with E-state index in [2.05, 4.69) is 20.9 Å². The normalized spacial score (nSPS) is 15.0. The smallest absolute Gasteiger partial charge is 0.412 e. The van der Waals surface area contributed by atoms with Crippen LogP contribution >= 0.6 is 0 Å². The summed E-state index contributed by atoms with van der Waals surface area (Å²) in [4.78, 5) is 15.7. The van der Waals surface area contributed by atoms with Gasteiger partial charge >= 0.3 is 6.09 Å². The third-order valence-electron chi connectivity index (χ3n) is 3.59. The summed E-state index contributed by atoms with van der Waals surface area (Å²) >= 11 is 0. The number of nitrogen functional groups attached to an aromatic ring is 1. The van der Waals surface area contributed by atoms with Crippen LogP contribution in [0.4, 0.5) is 27.8 Å². The summed E-state index contributed by atoms with van der Waals surface area (Å²) in [5.41, 5.74) is 8.46. The van der Waals surface area contributed by atoms with Crippen LogP contribution in [0.2, 0.25) is 0 Å². The van der Waals surface area contributed by atoms with Crippen molar-refractivity contribution in [2.75, 3.05) is 35.4 Å². The van der Waals surface area contributed by atoms with E-state index < -0.39 is 6.09 Å². The number of benzene rings is 1. The molecule has 2 aromatic rings. The molecule has 1 atom stereocenters. The van der Waals surface area contributed by atoms with E-state index in [1.165, 1.54) is 0 Å². The highest BCUT2D eigenvalue weighted by atomic mass is 16.5. The SMILES string of the molecule is CCOC(=O)Nc1cc2c(c(N)n1)NC(c1ccc(OC)cc1)N2. The molecule has 3 rings (SSSR count). The van der Waals surface area contributed by atoms with Gasteiger partial charge in [0.1, 0.15) is 23.4 Å². The zero-order chi connectivity index (χ0) is 17.1. The van der Waals surface area contributed by atoms with Gasteiger partial charge in [-0.05, 0) is 24.6 Å². The molecule has 0 radical (unpaired) electrons. The van der Waals surface area contributed by atoms with Gasteiger partial charge < -0.3 is 25.8 Å². The van der Waals surface area contributed by atoms with Crippen molar-refractivity contribution < 1.29 is 14.3 Å². The van der Waals surface area contributed by atoms with E-state index in [4.69, 9.17) is 15.2 Å². The summed E-state index contributed by atoms with van der Waals surface area (Å²) in [5.74, 6) is 1.41. The molecule has 5 N–H and O–H groups in total. The summed E-state index contributed by atoms with van der Waals surface area (Å²) in [7, 11) is 1.63. The lowest BCUT2D eigenvalue weighted by atomic mass is 10.2. The minimum Gasteiger partial charge on any atom is -0.497 e. The number of pyridine rings is 1. The number of aromatic nitrogens is 1. The highest BCUT2D eigenvalue weighted by Crippen LogP contribution is 2.40. The topological polar surface area (TPSA) is 111 Å². The molecule has 1 aliphatic rings. The first kappa shape index (κ1) is 15.7. The molecule has 0 bridgehead atoms. The van der Waals surface area contributed by atoms with Crippen molar-refractivity contribution in [1.29, 1.82) is 0 Å². The first-order chi connectivity index (χ1) is 11.6. The number of anilines is 4. The molecule has 1 unspecified atom stereocenters. The van der Waals surface area contributed by atoms with E-state index in [0.29, 0.717) is 17.3 Å². The van der Waals surface area contributed by atoms with Gasteiger partial charge in [-0.25, -0.2) is 9.78 Å². The lowest BCUT2D eigenvalue weighted by Gasteiger charge is -2.13. The number of amides is 1. The fraction of sp³-hybridized carbons (Fsp3) is 0.250. The van der Waals surface area contributed by atoms with Gasteiger partial charge in [-0.3, -0.25) is 5.32 Å². The fourth-order valence-corrected chi connectivity index (χ4v) is 2.47. The molecule has 1 aliphatic heterocycles. The van der Waals surface area contributed by atoms with Gasteiger partial charge in [0.25, 0.3) is 0 Å². The number of methoxy groups -OCH3 is 1. The molecule has 8 nitrogen and oxygen atoms in total. The summed E-state index contributed by atoms with van der Waals surface area (Å²) < 4.78 is 10.0. The molecular weight excluding hydrogens is 310 g/mol. The molecule has 1 amide bonds. The monoisotopic (exact) mass is 329 g/mol. The Bertz CT molecular complexity index is 748. The number of nitrogens with one attached hydrogen (secondary N) is 3. The van der Waals surface area contributed by atoms with Crippen molar-refractivity contribution in [3.05, 3.63) is 35.9 Å². The molecule has 0 spiro atoms. The number of nitrogens with two attached hydrogens (primary N) is 1. The Kier molecular flexibility index (Phi) is 4.28. The van der Waals surface area contributed by atoms with E-state index in [0.717, 1.165) is 17.0 Å². The van der Waals surface area contributed by atoms with Crippen LogP contribution in [0.15, 0.2) is 30.3 Å². The predicted octanol–water partition coefficient (Wildman–Crippen LogP) is 2.78. The number of carbonyl (C=O) groups excluding carboxylic acids is 1. The Hall–Kier alpha value is -3.16. The maximum absolute atomic E-state index is 11.5. The molecular formula is C16H19N5O3. The molecule has 24 heavy (non-hydrogen) atoms. The summed E-state index contributed by atoms with van der Waals surface area (Å²) in [6.07, 6.45) is -0.713. The van der Waals surface area contributed by atoms with Crippen LogP contribution in [0.25, 0.3) is 0 Å². The number of hydrogen-bond donors (Lipinski definition) is 4. The number of ether oxygens (including phenoxy) is 2. The maximum Gasteiger partial charge on any atom is 0.412 e. The first-order valence-corrected chi connectivity index (χ1v) is 7.52. The lowest BCUT2D eigenvalue weighted by molar-refractivity contribution is 0.168. The molecule has 0 saturated carbocycles. The average Bonchev–Trinajstić information content (AvgIpc) is 3.00. The summed E-state index contributed by atoms with van der Waals surface area (Å²) in [6.45, 7) is 2.01. The largest absolute Gasteiger partial charge is 0.497 e. The number of rotatable bonds is 4. The average molecular weight is 329 g/mol.